The van der Waals surface area contributed by atoms with Gasteiger partial charge < -0.3 is 20.6 Å². The van der Waals surface area contributed by atoms with E-state index in [0.29, 0.717) is 31.4 Å². The first-order valence-corrected chi connectivity index (χ1v) is 6.70. The number of carbonyl (C=O) groups is 1. The van der Waals surface area contributed by atoms with E-state index in [0.717, 1.165) is 6.54 Å². The molecule has 1 amide bonds. The Bertz CT molecular complexity index is 425. The van der Waals surface area contributed by atoms with Crippen molar-refractivity contribution in [2.75, 3.05) is 26.2 Å². The Hall–Kier alpha value is -1.57. The van der Waals surface area contributed by atoms with Crippen molar-refractivity contribution in [2.24, 2.45) is 16.8 Å². The Morgan fingerprint density at radius 2 is 2.26 bits per heavy atom. The first kappa shape index (κ1) is 13.9. The Kier molecular flexibility index (Phi) is 3.79. The predicted molar refractivity (Wildman–Crippen MR) is 75.9 cm³/mol. The van der Waals surface area contributed by atoms with Gasteiger partial charge >= 0.3 is 6.09 Å². The standard InChI is InChI=1S/C11H19N5O2S/c1-7(2)5-16-8-6-14(11(17)18)3-4-15(8)10(13-16)9(12)19/h7-8H,3-6H2,1-2H3,(H2,12,19)(H,17,18). The summed E-state index contributed by atoms with van der Waals surface area (Å²) < 4.78 is 0. The van der Waals surface area contributed by atoms with E-state index in [2.05, 4.69) is 18.9 Å². The van der Waals surface area contributed by atoms with Gasteiger partial charge in [-0.15, -0.1) is 0 Å². The molecular formula is C11H19N5O2S. The summed E-state index contributed by atoms with van der Waals surface area (Å²) in [6, 6.07) is 0. The van der Waals surface area contributed by atoms with Crippen LogP contribution in [0.2, 0.25) is 0 Å². The van der Waals surface area contributed by atoms with Gasteiger partial charge in [0, 0.05) is 19.6 Å². The minimum atomic E-state index is -0.895. The smallest absolute Gasteiger partial charge is 0.407 e. The summed E-state index contributed by atoms with van der Waals surface area (Å²) in [6.45, 7) is 6.36. The van der Waals surface area contributed by atoms with Gasteiger partial charge in [-0.25, -0.2) is 4.79 Å². The minimum absolute atomic E-state index is 0.0938. The number of hydrazone groups is 1. The number of nitrogens with two attached hydrogens (primary N) is 1. The van der Waals surface area contributed by atoms with Crippen LogP contribution in [-0.4, -0.2) is 69.2 Å². The van der Waals surface area contributed by atoms with Crippen molar-refractivity contribution in [2.45, 2.75) is 20.0 Å². The number of thiocarbonyl (C=S) groups is 1. The van der Waals surface area contributed by atoms with Crippen LogP contribution in [0.1, 0.15) is 13.8 Å². The fourth-order valence-electron chi connectivity index (χ4n) is 2.41. The third kappa shape index (κ3) is 2.73. The normalized spacial score (nSPS) is 22.6. The maximum atomic E-state index is 11.1. The van der Waals surface area contributed by atoms with Crippen molar-refractivity contribution < 1.29 is 9.90 Å². The van der Waals surface area contributed by atoms with Gasteiger partial charge in [-0.05, 0) is 5.92 Å². The molecule has 1 unspecified atom stereocenters. The summed E-state index contributed by atoms with van der Waals surface area (Å²) >= 11 is 5.02. The van der Waals surface area contributed by atoms with Crippen molar-refractivity contribution in [1.82, 2.24) is 14.8 Å². The van der Waals surface area contributed by atoms with Gasteiger partial charge in [0.1, 0.15) is 11.2 Å². The molecule has 19 heavy (non-hydrogen) atoms. The molecule has 1 fully saturated rings. The van der Waals surface area contributed by atoms with Gasteiger partial charge in [-0.3, -0.25) is 5.01 Å². The molecule has 2 aliphatic rings. The molecule has 0 aromatic carbocycles. The summed E-state index contributed by atoms with van der Waals surface area (Å²) in [7, 11) is 0. The maximum absolute atomic E-state index is 11.1. The summed E-state index contributed by atoms with van der Waals surface area (Å²) in [5.41, 5.74) is 5.69. The van der Waals surface area contributed by atoms with Crippen LogP contribution in [0.25, 0.3) is 0 Å². The highest BCUT2D eigenvalue weighted by molar-refractivity contribution is 7.82. The molecule has 0 saturated carbocycles. The monoisotopic (exact) mass is 285 g/mol. The average molecular weight is 285 g/mol. The van der Waals surface area contributed by atoms with Gasteiger partial charge in [-0.2, -0.15) is 5.10 Å². The van der Waals surface area contributed by atoms with Crippen molar-refractivity contribution in [3.8, 4) is 0 Å². The number of carboxylic acid groups (broad SMARTS) is 1. The zero-order valence-corrected chi connectivity index (χ0v) is 11.9. The highest BCUT2D eigenvalue weighted by Gasteiger charge is 2.40. The van der Waals surface area contributed by atoms with E-state index in [1.54, 1.807) is 0 Å². The van der Waals surface area contributed by atoms with Crippen LogP contribution in [0.3, 0.4) is 0 Å². The number of hydrogen-bond acceptors (Lipinski definition) is 5. The fourth-order valence-corrected chi connectivity index (χ4v) is 2.57. The lowest BCUT2D eigenvalue weighted by Gasteiger charge is -2.40. The van der Waals surface area contributed by atoms with E-state index in [-0.39, 0.29) is 11.2 Å². The first-order chi connectivity index (χ1) is 8.90. The third-order valence-electron chi connectivity index (χ3n) is 3.24. The molecule has 8 heteroatoms. The molecule has 7 nitrogen and oxygen atoms in total. The van der Waals surface area contributed by atoms with Crippen LogP contribution in [0.5, 0.6) is 0 Å². The summed E-state index contributed by atoms with van der Waals surface area (Å²) in [4.78, 5) is 14.8. The number of amidine groups is 1. The van der Waals surface area contributed by atoms with Gasteiger partial charge in [0.15, 0.2) is 5.84 Å². The quantitative estimate of drug-likeness (QED) is 0.720. The first-order valence-electron chi connectivity index (χ1n) is 6.29. The number of amides is 1. The molecule has 0 aliphatic carbocycles. The minimum Gasteiger partial charge on any atom is -0.465 e. The predicted octanol–water partition coefficient (Wildman–Crippen LogP) is 0.179. The van der Waals surface area contributed by atoms with E-state index >= 15 is 0 Å². The molecule has 2 heterocycles. The van der Waals surface area contributed by atoms with E-state index < -0.39 is 6.09 Å². The van der Waals surface area contributed by atoms with Crippen LogP contribution in [0.15, 0.2) is 5.10 Å². The molecule has 0 spiro atoms. The summed E-state index contributed by atoms with van der Waals surface area (Å²) in [5.74, 6) is 1.03. The molecule has 3 N–H and O–H groups in total. The van der Waals surface area contributed by atoms with Gasteiger partial charge in [0.25, 0.3) is 0 Å². The molecule has 106 valence electrons. The van der Waals surface area contributed by atoms with E-state index in [1.165, 1.54) is 4.90 Å². The molecule has 0 aromatic rings. The van der Waals surface area contributed by atoms with Crippen LogP contribution in [0.4, 0.5) is 4.79 Å². The number of rotatable bonds is 3. The lowest BCUT2D eigenvalue weighted by atomic mass is 10.2. The number of hydrogen-bond donors (Lipinski definition) is 2. The van der Waals surface area contributed by atoms with Crippen LogP contribution in [0, 0.1) is 5.92 Å². The summed E-state index contributed by atoms with van der Waals surface area (Å²) in [5, 5.41) is 15.5. The Balaban J connectivity index is 2.18. The van der Waals surface area contributed by atoms with Crippen molar-refractivity contribution in [3.05, 3.63) is 0 Å². The van der Waals surface area contributed by atoms with Crippen molar-refractivity contribution >= 4 is 29.1 Å². The topological polar surface area (TPSA) is 85.4 Å². The SMILES string of the molecule is CC(C)CN1N=C(C(N)=S)N2CCN(C(=O)O)CC12. The van der Waals surface area contributed by atoms with Crippen LogP contribution < -0.4 is 5.73 Å². The second-order valence-corrected chi connectivity index (χ2v) is 5.65. The van der Waals surface area contributed by atoms with Gasteiger partial charge in [-0.1, -0.05) is 26.1 Å². The highest BCUT2D eigenvalue weighted by atomic mass is 32.1. The molecule has 1 atom stereocenters. The van der Waals surface area contributed by atoms with Gasteiger partial charge in [0.2, 0.25) is 0 Å². The molecule has 2 aliphatic heterocycles. The second kappa shape index (κ2) is 5.20. The lowest BCUT2D eigenvalue weighted by molar-refractivity contribution is 0.0388. The number of fused-ring (bicyclic) bond motifs is 1. The van der Waals surface area contributed by atoms with Crippen molar-refractivity contribution in [1.29, 1.82) is 0 Å². The fraction of sp³-hybridized carbons (Fsp3) is 0.727. The molecule has 0 bridgehead atoms. The molecule has 1 saturated heterocycles. The lowest BCUT2D eigenvalue weighted by Crippen LogP contribution is -2.59. The zero-order chi connectivity index (χ0) is 14.2. The molecule has 0 aromatic heterocycles. The average Bonchev–Trinajstić information content (AvgIpc) is 2.67. The van der Waals surface area contributed by atoms with Crippen LogP contribution >= 0.6 is 12.2 Å². The number of piperazine rings is 1. The zero-order valence-electron chi connectivity index (χ0n) is 11.1. The Morgan fingerprint density at radius 3 is 2.79 bits per heavy atom. The van der Waals surface area contributed by atoms with E-state index in [4.69, 9.17) is 23.1 Å². The number of nitrogens with zero attached hydrogens (tertiary/aromatic N) is 4. The maximum Gasteiger partial charge on any atom is 0.407 e. The van der Waals surface area contributed by atoms with Crippen LogP contribution in [-0.2, 0) is 0 Å². The van der Waals surface area contributed by atoms with Crippen molar-refractivity contribution in [3.63, 3.8) is 0 Å². The van der Waals surface area contributed by atoms with Gasteiger partial charge in [0.05, 0.1) is 6.54 Å². The molecular weight excluding hydrogens is 266 g/mol. The molecule has 2 rings (SSSR count). The largest absolute Gasteiger partial charge is 0.465 e. The summed E-state index contributed by atoms with van der Waals surface area (Å²) in [6.07, 6.45) is -0.989. The van der Waals surface area contributed by atoms with E-state index in [1.807, 2.05) is 9.91 Å². The third-order valence-corrected chi connectivity index (χ3v) is 3.42. The Labute approximate surface area is 117 Å². The molecule has 0 radical (unpaired) electrons. The second-order valence-electron chi connectivity index (χ2n) is 5.21. The highest BCUT2D eigenvalue weighted by Crippen LogP contribution is 2.22. The van der Waals surface area contributed by atoms with E-state index in [9.17, 15) is 4.79 Å². The Morgan fingerprint density at radius 1 is 1.58 bits per heavy atom.